The van der Waals surface area contributed by atoms with Gasteiger partial charge >= 0.3 is 5.97 Å². The number of hydrogen-bond acceptors (Lipinski definition) is 5. The molecule has 3 rings (SSSR count). The van der Waals surface area contributed by atoms with Gasteiger partial charge in [0.25, 0.3) is 0 Å². The van der Waals surface area contributed by atoms with Crippen LogP contribution in [-0.2, 0) is 4.79 Å². The van der Waals surface area contributed by atoms with E-state index in [9.17, 15) is 9.59 Å². The van der Waals surface area contributed by atoms with E-state index in [4.69, 9.17) is 21.1 Å². The largest absolute Gasteiger partial charge is 0.480 e. The number of aliphatic carboxylic acids is 1. The Balaban J connectivity index is 2.03. The standard InChI is InChI=1S/C13H10ClNO4S/c14-6-1-2-10-7(3-6)11(16)8(4-19-10)12-15-9(5-20-12)13(17)18/h1-4,9,12,15H,5H2,(H,17,18). The van der Waals surface area contributed by atoms with E-state index in [-0.39, 0.29) is 10.8 Å². The second-order valence-corrected chi connectivity index (χ2v) is 6.01. The van der Waals surface area contributed by atoms with Gasteiger partial charge in [0.15, 0.2) is 5.43 Å². The highest BCUT2D eigenvalue weighted by Crippen LogP contribution is 2.32. The molecule has 1 aromatic heterocycles. The van der Waals surface area contributed by atoms with Crippen LogP contribution in [-0.4, -0.2) is 22.9 Å². The molecule has 0 aliphatic carbocycles. The number of hydrogen-bond donors (Lipinski definition) is 2. The first-order valence-electron chi connectivity index (χ1n) is 5.87. The Morgan fingerprint density at radius 2 is 2.30 bits per heavy atom. The third kappa shape index (κ3) is 2.30. The predicted octanol–water partition coefficient (Wildman–Crippen LogP) is 2.23. The smallest absolute Gasteiger partial charge is 0.321 e. The van der Waals surface area contributed by atoms with Gasteiger partial charge in [-0.25, -0.2) is 0 Å². The van der Waals surface area contributed by atoms with E-state index < -0.39 is 12.0 Å². The molecule has 5 nitrogen and oxygen atoms in total. The van der Waals surface area contributed by atoms with Gasteiger partial charge < -0.3 is 9.52 Å². The Morgan fingerprint density at radius 1 is 1.50 bits per heavy atom. The number of halogens is 1. The third-order valence-corrected chi connectivity index (χ3v) is 4.61. The summed E-state index contributed by atoms with van der Waals surface area (Å²) in [5, 5.41) is 12.3. The van der Waals surface area contributed by atoms with Crippen LogP contribution in [0.15, 0.2) is 33.7 Å². The minimum Gasteiger partial charge on any atom is -0.480 e. The van der Waals surface area contributed by atoms with Crippen molar-refractivity contribution in [2.75, 3.05) is 5.75 Å². The molecule has 20 heavy (non-hydrogen) atoms. The van der Waals surface area contributed by atoms with E-state index in [2.05, 4.69) is 5.32 Å². The average molecular weight is 312 g/mol. The summed E-state index contributed by atoms with van der Waals surface area (Å²) in [5.41, 5.74) is 0.680. The monoisotopic (exact) mass is 311 g/mol. The summed E-state index contributed by atoms with van der Waals surface area (Å²) < 4.78 is 5.43. The minimum absolute atomic E-state index is 0.190. The zero-order valence-corrected chi connectivity index (χ0v) is 11.7. The fourth-order valence-electron chi connectivity index (χ4n) is 2.09. The molecule has 1 aliphatic heterocycles. The second-order valence-electron chi connectivity index (χ2n) is 4.43. The van der Waals surface area contributed by atoms with E-state index >= 15 is 0 Å². The van der Waals surface area contributed by atoms with Crippen LogP contribution >= 0.6 is 23.4 Å². The van der Waals surface area contributed by atoms with Gasteiger partial charge in [-0.2, -0.15) is 0 Å². The number of fused-ring (bicyclic) bond motifs is 1. The maximum Gasteiger partial charge on any atom is 0.321 e. The topological polar surface area (TPSA) is 79.5 Å². The minimum atomic E-state index is -0.923. The molecule has 2 unspecified atom stereocenters. The number of benzene rings is 1. The zero-order valence-electron chi connectivity index (χ0n) is 10.1. The molecule has 0 bridgehead atoms. The molecule has 1 fully saturated rings. The van der Waals surface area contributed by atoms with E-state index in [1.165, 1.54) is 18.0 Å². The Kier molecular flexibility index (Phi) is 3.45. The second kappa shape index (κ2) is 5.12. The van der Waals surface area contributed by atoms with Crippen LogP contribution in [0.2, 0.25) is 5.02 Å². The van der Waals surface area contributed by atoms with Crippen molar-refractivity contribution in [1.29, 1.82) is 0 Å². The van der Waals surface area contributed by atoms with Gasteiger partial charge in [-0.05, 0) is 18.2 Å². The lowest BCUT2D eigenvalue weighted by molar-refractivity contribution is -0.138. The Labute approximate surface area is 122 Å². The van der Waals surface area contributed by atoms with Crippen molar-refractivity contribution >= 4 is 40.3 Å². The first-order valence-corrected chi connectivity index (χ1v) is 7.30. The SMILES string of the molecule is O=C(O)C1CSC(c2coc3ccc(Cl)cc3c2=O)N1. The summed E-state index contributed by atoms with van der Waals surface area (Å²) in [4.78, 5) is 23.4. The number of carboxylic acids is 1. The van der Waals surface area contributed by atoms with Gasteiger partial charge in [0.05, 0.1) is 16.3 Å². The normalized spacial score (nSPS) is 22.2. The van der Waals surface area contributed by atoms with Crippen molar-refractivity contribution in [2.45, 2.75) is 11.4 Å². The van der Waals surface area contributed by atoms with Gasteiger partial charge in [0.2, 0.25) is 0 Å². The van der Waals surface area contributed by atoms with Crippen LogP contribution in [0.4, 0.5) is 0 Å². The Hall–Kier alpha value is -1.50. The lowest BCUT2D eigenvalue weighted by atomic mass is 10.1. The number of carbonyl (C=O) groups is 1. The summed E-state index contributed by atoms with van der Waals surface area (Å²) in [5.74, 6) is -0.513. The number of rotatable bonds is 2. The molecular weight excluding hydrogens is 302 g/mol. The number of thioether (sulfide) groups is 1. The molecule has 7 heteroatoms. The van der Waals surface area contributed by atoms with Crippen LogP contribution in [0, 0.1) is 0 Å². The van der Waals surface area contributed by atoms with Crippen molar-refractivity contribution in [1.82, 2.24) is 5.32 Å². The predicted molar refractivity (Wildman–Crippen MR) is 77.3 cm³/mol. The van der Waals surface area contributed by atoms with Crippen LogP contribution in [0.5, 0.6) is 0 Å². The fraction of sp³-hybridized carbons (Fsp3) is 0.231. The van der Waals surface area contributed by atoms with Crippen LogP contribution in [0.1, 0.15) is 10.9 Å². The molecule has 2 aromatic rings. The van der Waals surface area contributed by atoms with Crippen LogP contribution < -0.4 is 10.7 Å². The van der Waals surface area contributed by atoms with E-state index in [0.717, 1.165) is 0 Å². The van der Waals surface area contributed by atoms with Crippen molar-refractivity contribution in [2.24, 2.45) is 0 Å². The third-order valence-electron chi connectivity index (χ3n) is 3.12. The molecule has 0 spiro atoms. The first-order chi connectivity index (χ1) is 9.56. The zero-order chi connectivity index (χ0) is 14.3. The molecule has 2 heterocycles. The number of carboxylic acid groups (broad SMARTS) is 1. The first kappa shape index (κ1) is 13.5. The molecular formula is C13H10ClNO4S. The summed E-state index contributed by atoms with van der Waals surface area (Å²) in [6.07, 6.45) is 1.38. The fourth-order valence-corrected chi connectivity index (χ4v) is 3.49. The van der Waals surface area contributed by atoms with Gasteiger partial charge in [-0.3, -0.25) is 14.9 Å². The van der Waals surface area contributed by atoms with Gasteiger partial charge in [-0.1, -0.05) is 11.6 Å². The summed E-state index contributed by atoms with van der Waals surface area (Å²) in [6.45, 7) is 0. The van der Waals surface area contributed by atoms with Crippen molar-refractivity contribution in [3.8, 4) is 0 Å². The average Bonchev–Trinajstić information content (AvgIpc) is 2.89. The molecule has 0 radical (unpaired) electrons. The van der Waals surface area contributed by atoms with E-state index in [0.29, 0.717) is 27.3 Å². The Morgan fingerprint density at radius 3 is 3.00 bits per heavy atom. The van der Waals surface area contributed by atoms with Crippen LogP contribution in [0.25, 0.3) is 11.0 Å². The lowest BCUT2D eigenvalue weighted by Crippen LogP contribution is -2.34. The maximum atomic E-state index is 12.4. The molecule has 1 saturated heterocycles. The quantitative estimate of drug-likeness (QED) is 0.885. The van der Waals surface area contributed by atoms with Crippen molar-refractivity contribution in [3.63, 3.8) is 0 Å². The highest BCUT2D eigenvalue weighted by atomic mass is 35.5. The van der Waals surface area contributed by atoms with Crippen LogP contribution in [0.3, 0.4) is 0 Å². The highest BCUT2D eigenvalue weighted by molar-refractivity contribution is 7.99. The van der Waals surface area contributed by atoms with E-state index in [1.54, 1.807) is 18.2 Å². The summed E-state index contributed by atoms with van der Waals surface area (Å²) >= 11 is 7.26. The van der Waals surface area contributed by atoms with Crippen molar-refractivity contribution in [3.05, 3.63) is 45.3 Å². The molecule has 104 valence electrons. The molecule has 2 atom stereocenters. The molecule has 1 aromatic carbocycles. The molecule has 0 saturated carbocycles. The molecule has 0 amide bonds. The number of nitrogens with one attached hydrogen (secondary N) is 1. The van der Waals surface area contributed by atoms with Gasteiger partial charge in [-0.15, -0.1) is 11.8 Å². The maximum absolute atomic E-state index is 12.4. The Bertz CT molecular complexity index is 745. The lowest BCUT2D eigenvalue weighted by Gasteiger charge is -2.10. The summed E-state index contributed by atoms with van der Waals surface area (Å²) in [7, 11) is 0. The highest BCUT2D eigenvalue weighted by Gasteiger charge is 2.32. The van der Waals surface area contributed by atoms with Gasteiger partial charge in [0, 0.05) is 10.8 Å². The van der Waals surface area contributed by atoms with E-state index in [1.807, 2.05) is 0 Å². The van der Waals surface area contributed by atoms with Crippen molar-refractivity contribution < 1.29 is 14.3 Å². The summed E-state index contributed by atoms with van der Waals surface area (Å²) in [6, 6.07) is 4.19. The molecule has 1 aliphatic rings. The molecule has 2 N–H and O–H groups in total. The van der Waals surface area contributed by atoms with Gasteiger partial charge in [0.1, 0.15) is 17.9 Å².